The van der Waals surface area contributed by atoms with Gasteiger partial charge in [0.05, 0.1) is 10.6 Å². The second-order valence-electron chi connectivity index (χ2n) is 5.61. The molecule has 3 unspecified atom stereocenters. The second kappa shape index (κ2) is 9.32. The molecular formula is C17H24N2O4S. The fourth-order valence-electron chi connectivity index (χ4n) is 2.21. The summed E-state index contributed by atoms with van der Waals surface area (Å²) in [5, 5.41) is 11.8. The van der Waals surface area contributed by atoms with Crippen LogP contribution in [0.1, 0.15) is 26.3 Å². The van der Waals surface area contributed by atoms with Crippen LogP contribution in [0.2, 0.25) is 0 Å². The molecule has 2 rings (SSSR count). The predicted octanol–water partition coefficient (Wildman–Crippen LogP) is 1.74. The number of aliphatic carboxylic acids is 1. The fourth-order valence-corrected chi connectivity index (χ4v) is 3.37. The van der Waals surface area contributed by atoms with Crippen LogP contribution in [0.25, 0.3) is 0 Å². The first-order valence-corrected chi connectivity index (χ1v) is 8.62. The normalized spacial score (nSPS) is 20.8. The van der Waals surface area contributed by atoms with Gasteiger partial charge >= 0.3 is 5.97 Å². The SMILES string of the molecule is CC(=O)NC(Cc1ccccc1)C(=O)O.CC1SC(C)N(C)C1=O. The van der Waals surface area contributed by atoms with E-state index < -0.39 is 12.0 Å². The van der Waals surface area contributed by atoms with Crippen LogP contribution in [-0.2, 0) is 20.8 Å². The Hall–Kier alpha value is -2.02. The summed E-state index contributed by atoms with van der Waals surface area (Å²) >= 11 is 1.71. The molecule has 1 aromatic rings. The number of carbonyl (C=O) groups is 3. The molecule has 0 radical (unpaired) electrons. The summed E-state index contributed by atoms with van der Waals surface area (Å²) in [6, 6.07) is 8.34. The molecule has 2 N–H and O–H groups in total. The highest BCUT2D eigenvalue weighted by Crippen LogP contribution is 2.28. The lowest BCUT2D eigenvalue weighted by Gasteiger charge is -2.12. The van der Waals surface area contributed by atoms with Gasteiger partial charge in [0.15, 0.2) is 0 Å². The minimum absolute atomic E-state index is 0.171. The highest BCUT2D eigenvalue weighted by Gasteiger charge is 2.31. The molecule has 1 fully saturated rings. The summed E-state index contributed by atoms with van der Waals surface area (Å²) in [5.74, 6) is -1.10. The number of carbonyl (C=O) groups excluding carboxylic acids is 2. The van der Waals surface area contributed by atoms with E-state index in [-0.39, 0.29) is 17.1 Å². The van der Waals surface area contributed by atoms with E-state index in [1.807, 2.05) is 51.2 Å². The molecule has 0 saturated carbocycles. The number of hydrogen-bond acceptors (Lipinski definition) is 4. The van der Waals surface area contributed by atoms with Crippen molar-refractivity contribution in [1.29, 1.82) is 0 Å². The van der Waals surface area contributed by atoms with Gasteiger partial charge in [0.1, 0.15) is 6.04 Å². The molecule has 3 atom stereocenters. The summed E-state index contributed by atoms with van der Waals surface area (Å²) in [7, 11) is 1.85. The van der Waals surface area contributed by atoms with E-state index in [1.54, 1.807) is 16.7 Å². The minimum Gasteiger partial charge on any atom is -0.480 e. The van der Waals surface area contributed by atoms with Crippen molar-refractivity contribution < 1.29 is 19.5 Å². The van der Waals surface area contributed by atoms with Crippen LogP contribution in [-0.4, -0.2) is 51.5 Å². The second-order valence-corrected chi connectivity index (χ2v) is 7.27. The maximum atomic E-state index is 11.0. The minimum atomic E-state index is -1.02. The highest BCUT2D eigenvalue weighted by atomic mass is 32.2. The zero-order valence-electron chi connectivity index (χ0n) is 14.4. The molecule has 1 saturated heterocycles. The number of amides is 2. The van der Waals surface area contributed by atoms with Gasteiger partial charge in [-0.25, -0.2) is 4.79 Å². The number of rotatable bonds is 4. The van der Waals surface area contributed by atoms with E-state index in [4.69, 9.17) is 5.11 Å². The first-order valence-electron chi connectivity index (χ1n) is 7.68. The Bertz CT molecular complexity index is 579. The van der Waals surface area contributed by atoms with Crippen LogP contribution in [0.5, 0.6) is 0 Å². The Balaban J connectivity index is 0.000000272. The van der Waals surface area contributed by atoms with Gasteiger partial charge in [0.2, 0.25) is 11.8 Å². The number of carboxylic acids is 1. The van der Waals surface area contributed by atoms with E-state index in [0.29, 0.717) is 11.8 Å². The van der Waals surface area contributed by atoms with E-state index >= 15 is 0 Å². The average Bonchev–Trinajstić information content (AvgIpc) is 2.74. The Kier molecular flexibility index (Phi) is 7.78. The van der Waals surface area contributed by atoms with Gasteiger partial charge in [-0.2, -0.15) is 0 Å². The smallest absolute Gasteiger partial charge is 0.326 e. The van der Waals surface area contributed by atoms with Crippen molar-refractivity contribution >= 4 is 29.5 Å². The monoisotopic (exact) mass is 352 g/mol. The molecule has 1 aromatic carbocycles. The highest BCUT2D eigenvalue weighted by molar-refractivity contribution is 8.01. The molecule has 2 amide bonds. The molecule has 0 spiro atoms. The third kappa shape index (κ3) is 6.23. The quantitative estimate of drug-likeness (QED) is 0.862. The van der Waals surface area contributed by atoms with Crippen LogP contribution in [0, 0.1) is 0 Å². The largest absolute Gasteiger partial charge is 0.480 e. The number of thioether (sulfide) groups is 1. The molecule has 0 aliphatic carbocycles. The number of hydrogen-bond donors (Lipinski definition) is 2. The summed E-state index contributed by atoms with van der Waals surface area (Å²) < 4.78 is 0. The Morgan fingerprint density at radius 3 is 2.21 bits per heavy atom. The van der Waals surface area contributed by atoms with Crippen molar-refractivity contribution in [3.63, 3.8) is 0 Å². The molecule has 6 nitrogen and oxygen atoms in total. The maximum Gasteiger partial charge on any atom is 0.326 e. The molecule has 24 heavy (non-hydrogen) atoms. The number of nitrogens with one attached hydrogen (secondary N) is 1. The van der Waals surface area contributed by atoms with Crippen LogP contribution in [0.15, 0.2) is 30.3 Å². The molecule has 1 heterocycles. The van der Waals surface area contributed by atoms with Crippen molar-refractivity contribution in [2.24, 2.45) is 0 Å². The van der Waals surface area contributed by atoms with Gasteiger partial charge in [-0.15, -0.1) is 11.8 Å². The summed E-state index contributed by atoms with van der Waals surface area (Å²) in [4.78, 5) is 34.4. The van der Waals surface area contributed by atoms with Gasteiger partial charge < -0.3 is 15.3 Å². The zero-order valence-corrected chi connectivity index (χ0v) is 15.2. The Morgan fingerprint density at radius 1 is 1.29 bits per heavy atom. The zero-order chi connectivity index (χ0) is 18.3. The third-order valence-electron chi connectivity index (χ3n) is 3.60. The molecule has 0 bridgehead atoms. The molecule has 0 aromatic heterocycles. The van der Waals surface area contributed by atoms with Crippen LogP contribution < -0.4 is 5.32 Å². The van der Waals surface area contributed by atoms with E-state index in [1.165, 1.54) is 6.92 Å². The fraction of sp³-hybridized carbons (Fsp3) is 0.471. The maximum absolute atomic E-state index is 11.0. The molecule has 7 heteroatoms. The van der Waals surface area contributed by atoms with Crippen molar-refractivity contribution in [1.82, 2.24) is 10.2 Å². The van der Waals surface area contributed by atoms with Gasteiger partial charge in [0.25, 0.3) is 0 Å². The lowest BCUT2D eigenvalue weighted by atomic mass is 10.1. The number of nitrogens with zero attached hydrogens (tertiary/aromatic N) is 1. The first kappa shape index (κ1) is 20.0. The Labute approximate surface area is 146 Å². The van der Waals surface area contributed by atoms with Crippen molar-refractivity contribution in [2.45, 2.75) is 43.9 Å². The van der Waals surface area contributed by atoms with Gasteiger partial charge in [0, 0.05) is 20.4 Å². The number of carboxylic acid groups (broad SMARTS) is 1. The lowest BCUT2D eigenvalue weighted by Crippen LogP contribution is -2.41. The molecule has 1 aliphatic heterocycles. The van der Waals surface area contributed by atoms with E-state index in [2.05, 4.69) is 5.32 Å². The topological polar surface area (TPSA) is 86.7 Å². The summed E-state index contributed by atoms with van der Waals surface area (Å²) in [6.07, 6.45) is 0.301. The number of benzene rings is 1. The van der Waals surface area contributed by atoms with Crippen LogP contribution in [0.4, 0.5) is 0 Å². The van der Waals surface area contributed by atoms with Crippen molar-refractivity contribution in [3.8, 4) is 0 Å². The first-order chi connectivity index (χ1) is 11.2. The lowest BCUT2D eigenvalue weighted by molar-refractivity contribution is -0.141. The van der Waals surface area contributed by atoms with Crippen molar-refractivity contribution in [2.75, 3.05) is 7.05 Å². The summed E-state index contributed by atoms with van der Waals surface area (Å²) in [6.45, 7) is 5.31. The van der Waals surface area contributed by atoms with Gasteiger partial charge in [-0.05, 0) is 19.4 Å². The Morgan fingerprint density at radius 2 is 1.88 bits per heavy atom. The van der Waals surface area contributed by atoms with Crippen molar-refractivity contribution in [3.05, 3.63) is 35.9 Å². The molecule has 1 aliphatic rings. The van der Waals surface area contributed by atoms with Crippen LogP contribution >= 0.6 is 11.8 Å². The van der Waals surface area contributed by atoms with E-state index in [9.17, 15) is 14.4 Å². The summed E-state index contributed by atoms with van der Waals surface area (Å²) in [5.41, 5.74) is 0.888. The standard InChI is InChI=1S/C11H13NO3.C6H11NOS/c1-8(13)12-10(11(14)15)7-9-5-3-2-4-6-9;1-4-6(8)7(3)5(2)9-4/h2-6,10H,7H2,1H3,(H,12,13)(H,14,15);4-5H,1-3H3. The average molecular weight is 352 g/mol. The van der Waals surface area contributed by atoms with E-state index in [0.717, 1.165) is 5.56 Å². The van der Waals surface area contributed by atoms with Crippen LogP contribution in [0.3, 0.4) is 0 Å². The molecule has 132 valence electrons. The predicted molar refractivity (Wildman–Crippen MR) is 94.7 cm³/mol. The van der Waals surface area contributed by atoms with Gasteiger partial charge in [-0.3, -0.25) is 9.59 Å². The third-order valence-corrected chi connectivity index (χ3v) is 4.92. The van der Waals surface area contributed by atoms with Gasteiger partial charge in [-0.1, -0.05) is 30.3 Å². The molecular weight excluding hydrogens is 328 g/mol.